The molecule has 0 aliphatic rings. The van der Waals surface area contributed by atoms with E-state index >= 15 is 0 Å². The number of nitrogens with one attached hydrogen (secondary N) is 2. The van der Waals surface area contributed by atoms with E-state index in [-0.39, 0.29) is 16.7 Å². The maximum atomic E-state index is 12.8. The minimum Gasteiger partial charge on any atom is -0.506 e. The maximum Gasteiger partial charge on any atom is 0.410 e. The molecule has 4 N–H and O–H groups in total. The van der Waals surface area contributed by atoms with Crippen LogP contribution in [0.3, 0.4) is 0 Å². The van der Waals surface area contributed by atoms with Crippen molar-refractivity contribution in [2.75, 3.05) is 33.4 Å². The largest absolute Gasteiger partial charge is 0.506 e. The number of ether oxygens (including phenoxy) is 2. The van der Waals surface area contributed by atoms with Gasteiger partial charge in [-0.3, -0.25) is 4.79 Å². The topological polar surface area (TPSA) is 124 Å². The fourth-order valence-corrected chi connectivity index (χ4v) is 5.02. The van der Waals surface area contributed by atoms with Gasteiger partial charge < -0.3 is 34.9 Å². The summed E-state index contributed by atoms with van der Waals surface area (Å²) >= 11 is 0.974. The summed E-state index contributed by atoms with van der Waals surface area (Å²) in [5.74, 6) is -0.0117. The maximum absolute atomic E-state index is 12.8. The number of methoxy groups -OCH3 is 1. The lowest BCUT2D eigenvalue weighted by Crippen LogP contribution is -2.37. The Balaban J connectivity index is 1.56. The van der Waals surface area contributed by atoms with Gasteiger partial charge in [-0.25, -0.2) is 4.79 Å². The number of carbonyl (C=O) groups is 1. The monoisotopic (exact) mass is 545 g/mol. The van der Waals surface area contributed by atoms with E-state index in [4.69, 9.17) is 9.47 Å². The zero-order valence-corrected chi connectivity index (χ0v) is 23.4. The Kier molecular flexibility index (Phi) is 10.7. The number of thiazole rings is 1. The number of phenols is 1. The fraction of sp³-hybridized carbons (Fsp3) is 0.500. The Morgan fingerprint density at radius 3 is 2.68 bits per heavy atom. The van der Waals surface area contributed by atoms with Gasteiger partial charge in [-0.2, -0.15) is 0 Å². The van der Waals surface area contributed by atoms with Crippen molar-refractivity contribution >= 4 is 27.6 Å². The highest BCUT2D eigenvalue weighted by Gasteiger charge is 2.22. The molecular formula is C28H39N3O6S. The van der Waals surface area contributed by atoms with Crippen molar-refractivity contribution in [3.8, 4) is 5.75 Å². The number of unbranched alkanes of at least 4 members (excludes halogenated alkanes) is 1. The quantitative estimate of drug-likeness (QED) is 0.236. The number of aromatic amines is 1. The molecule has 0 unspecified atom stereocenters. The molecule has 1 atom stereocenters. The summed E-state index contributed by atoms with van der Waals surface area (Å²) in [5.41, 5.74) is 2.53. The number of rotatable bonds is 13. The summed E-state index contributed by atoms with van der Waals surface area (Å²) in [6, 6.07) is 11.2. The molecule has 0 radical (unpaired) electrons. The predicted octanol–water partition coefficient (Wildman–Crippen LogP) is 4.32. The number of hydrogen-bond donors (Lipinski definition) is 4. The molecule has 9 nitrogen and oxygen atoms in total. The summed E-state index contributed by atoms with van der Waals surface area (Å²) in [7, 11) is 1.67. The van der Waals surface area contributed by atoms with E-state index in [1.807, 2.05) is 39.0 Å². The van der Waals surface area contributed by atoms with Crippen LogP contribution in [-0.4, -0.2) is 65.1 Å². The molecule has 3 aromatic rings. The van der Waals surface area contributed by atoms with Gasteiger partial charge in [0, 0.05) is 38.9 Å². The SMILES string of the molecule is COCCCCN(Cc1cccc(CCNC[C@@H](O)c2ccc(O)c3[nH]c(=O)sc23)c1)C(=O)OC(C)(C)C. The zero-order chi connectivity index (χ0) is 27.7. The Hall–Kier alpha value is -2.92. The zero-order valence-electron chi connectivity index (χ0n) is 22.6. The molecule has 0 aliphatic heterocycles. The van der Waals surface area contributed by atoms with Crippen LogP contribution < -0.4 is 10.2 Å². The lowest BCUT2D eigenvalue weighted by atomic mass is 10.1. The Morgan fingerprint density at radius 2 is 1.95 bits per heavy atom. The van der Waals surface area contributed by atoms with Gasteiger partial charge in [-0.1, -0.05) is 41.7 Å². The minimum absolute atomic E-state index is 0.0117. The van der Waals surface area contributed by atoms with Gasteiger partial charge in [0.15, 0.2) is 0 Å². The number of carbonyl (C=O) groups excluding carboxylic acids is 1. The molecule has 38 heavy (non-hydrogen) atoms. The van der Waals surface area contributed by atoms with E-state index in [9.17, 15) is 19.8 Å². The van der Waals surface area contributed by atoms with Crippen LogP contribution in [-0.2, 0) is 22.4 Å². The number of aromatic nitrogens is 1. The molecule has 208 valence electrons. The van der Waals surface area contributed by atoms with Crippen LogP contribution in [0.4, 0.5) is 4.79 Å². The normalized spacial score (nSPS) is 12.6. The first-order chi connectivity index (χ1) is 18.1. The third-order valence-electron chi connectivity index (χ3n) is 5.92. The van der Waals surface area contributed by atoms with Crippen LogP contribution >= 0.6 is 11.3 Å². The Labute approximate surface area is 227 Å². The van der Waals surface area contributed by atoms with Crippen molar-refractivity contribution < 1.29 is 24.5 Å². The summed E-state index contributed by atoms with van der Waals surface area (Å²) in [4.78, 5) is 28.6. The summed E-state index contributed by atoms with van der Waals surface area (Å²) in [5, 5.41) is 23.9. The van der Waals surface area contributed by atoms with Crippen LogP contribution in [0.2, 0.25) is 0 Å². The van der Waals surface area contributed by atoms with Crippen molar-refractivity contribution in [3.63, 3.8) is 0 Å². The van der Waals surface area contributed by atoms with E-state index in [0.717, 1.165) is 41.7 Å². The lowest BCUT2D eigenvalue weighted by molar-refractivity contribution is 0.0226. The van der Waals surface area contributed by atoms with E-state index in [0.29, 0.717) is 48.6 Å². The molecule has 0 fully saturated rings. The van der Waals surface area contributed by atoms with E-state index < -0.39 is 11.7 Å². The fourth-order valence-electron chi connectivity index (χ4n) is 4.10. The van der Waals surface area contributed by atoms with Crippen LogP contribution in [0.25, 0.3) is 10.2 Å². The third-order valence-corrected chi connectivity index (χ3v) is 6.85. The van der Waals surface area contributed by atoms with Crippen molar-refractivity contribution in [3.05, 3.63) is 62.8 Å². The van der Waals surface area contributed by atoms with Crippen LogP contribution in [0.15, 0.2) is 41.2 Å². The number of nitrogens with zero attached hydrogens (tertiary/aromatic N) is 1. The molecule has 0 bridgehead atoms. The molecule has 0 saturated heterocycles. The van der Waals surface area contributed by atoms with Crippen LogP contribution in [0.1, 0.15) is 56.4 Å². The molecule has 10 heteroatoms. The highest BCUT2D eigenvalue weighted by atomic mass is 32.1. The van der Waals surface area contributed by atoms with Gasteiger partial charge >= 0.3 is 11.0 Å². The Morgan fingerprint density at radius 1 is 1.18 bits per heavy atom. The molecule has 0 saturated carbocycles. The molecule has 2 aromatic carbocycles. The summed E-state index contributed by atoms with van der Waals surface area (Å²) < 4.78 is 11.3. The molecule has 1 heterocycles. The van der Waals surface area contributed by atoms with Gasteiger partial charge in [0.05, 0.1) is 10.8 Å². The van der Waals surface area contributed by atoms with Gasteiger partial charge in [-0.15, -0.1) is 0 Å². The molecule has 0 spiro atoms. The van der Waals surface area contributed by atoms with Gasteiger partial charge in [0.1, 0.15) is 16.9 Å². The van der Waals surface area contributed by atoms with Gasteiger partial charge in [0.25, 0.3) is 0 Å². The molecule has 1 amide bonds. The Bertz CT molecular complexity index is 1250. The number of H-pyrrole nitrogens is 1. The summed E-state index contributed by atoms with van der Waals surface area (Å²) in [6.07, 6.45) is 1.28. The number of hydrogen-bond acceptors (Lipinski definition) is 8. The average Bonchev–Trinajstić information content (AvgIpc) is 3.25. The highest BCUT2D eigenvalue weighted by molar-refractivity contribution is 7.16. The van der Waals surface area contributed by atoms with Crippen LogP contribution in [0, 0.1) is 0 Å². The third kappa shape index (κ3) is 8.83. The molecular weight excluding hydrogens is 506 g/mol. The van der Waals surface area contributed by atoms with Crippen molar-refractivity contribution in [1.29, 1.82) is 0 Å². The van der Waals surface area contributed by atoms with Gasteiger partial charge in [-0.05, 0) is 63.8 Å². The first-order valence-electron chi connectivity index (χ1n) is 12.9. The van der Waals surface area contributed by atoms with Crippen molar-refractivity contribution in [1.82, 2.24) is 15.2 Å². The van der Waals surface area contributed by atoms with E-state index in [2.05, 4.69) is 16.4 Å². The number of aliphatic hydroxyl groups is 1. The van der Waals surface area contributed by atoms with Crippen LogP contribution in [0.5, 0.6) is 5.75 Å². The first kappa shape index (κ1) is 29.6. The second kappa shape index (κ2) is 13.7. The van der Waals surface area contributed by atoms with E-state index in [1.54, 1.807) is 18.1 Å². The highest BCUT2D eigenvalue weighted by Crippen LogP contribution is 2.31. The van der Waals surface area contributed by atoms with E-state index in [1.165, 1.54) is 6.07 Å². The minimum atomic E-state index is -0.823. The number of aromatic hydroxyl groups is 1. The summed E-state index contributed by atoms with van der Waals surface area (Å²) in [6.45, 7) is 8.23. The molecule has 3 rings (SSSR count). The predicted molar refractivity (Wildman–Crippen MR) is 150 cm³/mol. The smallest absolute Gasteiger partial charge is 0.410 e. The molecule has 1 aromatic heterocycles. The van der Waals surface area contributed by atoms with Crippen molar-refractivity contribution in [2.45, 2.75) is 58.3 Å². The van der Waals surface area contributed by atoms with Gasteiger partial charge in [0.2, 0.25) is 0 Å². The second-order valence-electron chi connectivity index (χ2n) is 10.3. The number of amides is 1. The second-order valence-corrected chi connectivity index (χ2v) is 11.3. The number of fused-ring (bicyclic) bond motifs is 1. The van der Waals surface area contributed by atoms with Crippen molar-refractivity contribution in [2.24, 2.45) is 0 Å². The number of aliphatic hydroxyl groups excluding tert-OH is 1. The average molecular weight is 546 g/mol. The lowest BCUT2D eigenvalue weighted by Gasteiger charge is -2.27. The standard InChI is InChI=1S/C28H39N3O6S/c1-28(2,3)37-27(35)31(14-5-6-15-36-4)18-20-9-7-8-19(16-20)12-13-29-17-23(33)21-10-11-22(32)24-25(21)38-26(34)30-24/h7-11,16,23,29,32-33H,5-6,12-15,17-18H2,1-4H3,(H,30,34)/t23-/m1/s1. The first-order valence-corrected chi connectivity index (χ1v) is 13.7. The number of benzene rings is 2. The molecule has 0 aliphatic carbocycles. The number of phenolic OH excluding ortho intramolecular Hbond substituents is 1.